The first-order chi connectivity index (χ1) is 11.6. The number of ether oxygens (including phenoxy) is 1. The van der Waals surface area contributed by atoms with E-state index in [9.17, 15) is 10.1 Å². The smallest absolute Gasteiger partial charge is 0.313 e. The molecule has 0 N–H and O–H groups in total. The molecule has 118 valence electrons. The number of rotatable bonds is 3. The Kier molecular flexibility index (Phi) is 3.36. The van der Waals surface area contributed by atoms with Gasteiger partial charge in [-0.05, 0) is 36.4 Å². The Morgan fingerprint density at radius 2 is 1.75 bits per heavy atom. The van der Waals surface area contributed by atoms with Gasteiger partial charge in [-0.15, -0.1) is 0 Å². The average molecular weight is 340 g/mol. The first kappa shape index (κ1) is 14.5. The molecule has 1 heterocycles. The van der Waals surface area contributed by atoms with Crippen LogP contribution >= 0.6 is 11.6 Å². The van der Waals surface area contributed by atoms with Crippen molar-refractivity contribution in [3.63, 3.8) is 0 Å². The molecule has 0 atom stereocenters. The molecule has 0 aliphatic rings. The van der Waals surface area contributed by atoms with Gasteiger partial charge >= 0.3 is 5.69 Å². The minimum absolute atomic E-state index is 0.136. The van der Waals surface area contributed by atoms with E-state index in [0.29, 0.717) is 5.75 Å². The first-order valence-corrected chi connectivity index (χ1v) is 7.53. The molecule has 4 rings (SSSR count). The number of nitro benzene ring substituents is 1. The van der Waals surface area contributed by atoms with Crippen LogP contribution in [0.2, 0.25) is 5.02 Å². The van der Waals surface area contributed by atoms with Crippen LogP contribution in [-0.2, 0) is 0 Å². The third kappa shape index (κ3) is 2.45. The Balaban J connectivity index is 1.80. The van der Waals surface area contributed by atoms with Crippen molar-refractivity contribution in [2.75, 3.05) is 0 Å². The van der Waals surface area contributed by atoms with E-state index >= 15 is 0 Å². The second kappa shape index (κ2) is 5.54. The monoisotopic (exact) mass is 339 g/mol. The van der Waals surface area contributed by atoms with E-state index < -0.39 is 4.92 Å². The maximum atomic E-state index is 11.2. The van der Waals surface area contributed by atoms with Crippen molar-refractivity contribution < 1.29 is 14.1 Å². The Bertz CT molecular complexity index is 1090. The van der Waals surface area contributed by atoms with E-state index in [1.807, 2.05) is 24.3 Å². The molecular weight excluding hydrogens is 330 g/mol. The topological polar surface area (TPSA) is 65.5 Å². The molecule has 0 fully saturated rings. The zero-order valence-electron chi connectivity index (χ0n) is 12.2. The minimum Gasteiger partial charge on any atom is -0.456 e. The molecule has 0 spiro atoms. The van der Waals surface area contributed by atoms with Gasteiger partial charge in [-0.25, -0.2) is 0 Å². The maximum absolute atomic E-state index is 11.2. The second-order valence-electron chi connectivity index (χ2n) is 5.23. The van der Waals surface area contributed by atoms with Crippen LogP contribution in [0.1, 0.15) is 0 Å². The highest BCUT2D eigenvalue weighted by molar-refractivity contribution is 6.30. The van der Waals surface area contributed by atoms with E-state index in [1.165, 1.54) is 12.1 Å². The molecular formula is C18H10ClNO4. The van der Waals surface area contributed by atoms with Gasteiger partial charge < -0.3 is 9.15 Å². The Morgan fingerprint density at radius 3 is 2.58 bits per heavy atom. The molecule has 3 aromatic carbocycles. The highest BCUT2D eigenvalue weighted by Crippen LogP contribution is 2.36. The van der Waals surface area contributed by atoms with Gasteiger partial charge in [0, 0.05) is 21.9 Å². The molecule has 1 aromatic heterocycles. The summed E-state index contributed by atoms with van der Waals surface area (Å²) in [5.74, 6) is 0.621. The Hall–Kier alpha value is -3.05. The zero-order valence-corrected chi connectivity index (χ0v) is 13.0. The van der Waals surface area contributed by atoms with Crippen LogP contribution < -0.4 is 4.74 Å². The Morgan fingerprint density at radius 1 is 0.958 bits per heavy atom. The van der Waals surface area contributed by atoms with Gasteiger partial charge in [0.2, 0.25) is 5.75 Å². The van der Waals surface area contributed by atoms with Gasteiger partial charge in [-0.3, -0.25) is 10.1 Å². The highest BCUT2D eigenvalue weighted by Gasteiger charge is 2.17. The lowest BCUT2D eigenvalue weighted by Gasteiger charge is -2.06. The number of benzene rings is 3. The number of halogens is 1. The van der Waals surface area contributed by atoms with Crippen molar-refractivity contribution >= 4 is 39.2 Å². The predicted molar refractivity (Wildman–Crippen MR) is 91.9 cm³/mol. The number of para-hydroxylation sites is 1. The molecule has 0 radical (unpaired) electrons. The standard InChI is InChI=1S/C18H10ClNO4/c19-11-5-7-18(15(9-11)20(21)22)23-12-6-8-17-14(10-12)13-3-1-2-4-16(13)24-17/h1-10H. The number of fused-ring (bicyclic) bond motifs is 3. The molecule has 5 nitrogen and oxygen atoms in total. The van der Waals surface area contributed by atoms with Crippen molar-refractivity contribution in [2.45, 2.75) is 0 Å². The van der Waals surface area contributed by atoms with Crippen LogP contribution in [0.15, 0.2) is 65.1 Å². The molecule has 0 amide bonds. The van der Waals surface area contributed by atoms with Gasteiger partial charge in [-0.1, -0.05) is 29.8 Å². The van der Waals surface area contributed by atoms with E-state index in [4.69, 9.17) is 20.8 Å². The van der Waals surface area contributed by atoms with E-state index in [2.05, 4.69) is 0 Å². The molecule has 6 heteroatoms. The highest BCUT2D eigenvalue weighted by atomic mass is 35.5. The van der Waals surface area contributed by atoms with Gasteiger partial charge in [0.1, 0.15) is 16.9 Å². The van der Waals surface area contributed by atoms with Gasteiger partial charge in [-0.2, -0.15) is 0 Å². The number of hydrogen-bond acceptors (Lipinski definition) is 4. The maximum Gasteiger partial charge on any atom is 0.313 e. The molecule has 0 aliphatic carbocycles. The summed E-state index contributed by atoms with van der Waals surface area (Å²) in [5, 5.41) is 13.3. The van der Waals surface area contributed by atoms with Crippen molar-refractivity contribution in [3.05, 3.63) is 75.8 Å². The fourth-order valence-electron chi connectivity index (χ4n) is 2.62. The van der Waals surface area contributed by atoms with Gasteiger partial charge in [0.05, 0.1) is 4.92 Å². The molecule has 0 bridgehead atoms. The SMILES string of the molecule is O=[N+]([O-])c1cc(Cl)ccc1Oc1ccc2oc3ccccc3c2c1. The number of hydrogen-bond donors (Lipinski definition) is 0. The van der Waals surface area contributed by atoms with Gasteiger partial charge in [0.15, 0.2) is 0 Å². The summed E-state index contributed by atoms with van der Waals surface area (Å²) in [5.41, 5.74) is 1.33. The molecule has 0 unspecified atom stereocenters. The lowest BCUT2D eigenvalue weighted by atomic mass is 10.1. The molecule has 0 saturated heterocycles. The molecule has 24 heavy (non-hydrogen) atoms. The number of nitrogens with zero attached hydrogens (tertiary/aromatic N) is 1. The van der Waals surface area contributed by atoms with Crippen molar-refractivity contribution in [1.82, 2.24) is 0 Å². The predicted octanol–water partition coefficient (Wildman–Crippen LogP) is 5.94. The van der Waals surface area contributed by atoms with Crippen molar-refractivity contribution in [3.8, 4) is 11.5 Å². The van der Waals surface area contributed by atoms with Crippen LogP contribution in [0, 0.1) is 10.1 Å². The largest absolute Gasteiger partial charge is 0.456 e. The van der Waals surface area contributed by atoms with E-state index in [-0.39, 0.29) is 16.5 Å². The summed E-state index contributed by atoms with van der Waals surface area (Å²) in [6.45, 7) is 0. The third-order valence-electron chi connectivity index (χ3n) is 3.69. The number of furan rings is 1. The van der Waals surface area contributed by atoms with Crippen LogP contribution in [0.4, 0.5) is 5.69 Å². The summed E-state index contributed by atoms with van der Waals surface area (Å²) in [4.78, 5) is 10.6. The molecule has 4 aromatic rings. The molecule has 0 saturated carbocycles. The summed E-state index contributed by atoms with van der Waals surface area (Å²) in [6, 6.07) is 17.3. The van der Waals surface area contributed by atoms with Crippen LogP contribution in [0.3, 0.4) is 0 Å². The van der Waals surface area contributed by atoms with Crippen molar-refractivity contribution in [1.29, 1.82) is 0 Å². The summed E-state index contributed by atoms with van der Waals surface area (Å²) in [7, 11) is 0. The minimum atomic E-state index is -0.521. The van der Waals surface area contributed by atoms with Gasteiger partial charge in [0.25, 0.3) is 0 Å². The Labute approximate surface area is 141 Å². The average Bonchev–Trinajstić information content (AvgIpc) is 2.94. The lowest BCUT2D eigenvalue weighted by molar-refractivity contribution is -0.385. The summed E-state index contributed by atoms with van der Waals surface area (Å²) < 4.78 is 11.5. The zero-order chi connectivity index (χ0) is 16.7. The fourth-order valence-corrected chi connectivity index (χ4v) is 2.78. The molecule has 0 aliphatic heterocycles. The van der Waals surface area contributed by atoms with Crippen LogP contribution in [0.25, 0.3) is 21.9 Å². The van der Waals surface area contributed by atoms with Crippen LogP contribution in [0.5, 0.6) is 11.5 Å². The van der Waals surface area contributed by atoms with E-state index in [1.54, 1.807) is 24.3 Å². The van der Waals surface area contributed by atoms with Crippen LogP contribution in [-0.4, -0.2) is 4.92 Å². The van der Waals surface area contributed by atoms with Crippen molar-refractivity contribution in [2.24, 2.45) is 0 Å². The van der Waals surface area contributed by atoms with E-state index in [0.717, 1.165) is 21.9 Å². The summed E-state index contributed by atoms with van der Waals surface area (Å²) >= 11 is 5.82. The third-order valence-corrected chi connectivity index (χ3v) is 3.93. The quantitative estimate of drug-likeness (QED) is 0.342. The second-order valence-corrected chi connectivity index (χ2v) is 5.66. The number of nitro groups is 1. The fraction of sp³-hybridized carbons (Fsp3) is 0. The lowest BCUT2D eigenvalue weighted by Crippen LogP contribution is -1.93. The normalized spacial score (nSPS) is 11.0. The summed E-state index contributed by atoms with van der Waals surface area (Å²) in [6.07, 6.45) is 0. The first-order valence-electron chi connectivity index (χ1n) is 7.15.